The van der Waals surface area contributed by atoms with Gasteiger partial charge in [0.15, 0.2) is 0 Å². The van der Waals surface area contributed by atoms with E-state index in [0.29, 0.717) is 30.8 Å². The summed E-state index contributed by atoms with van der Waals surface area (Å²) in [7, 11) is 1.44. The summed E-state index contributed by atoms with van der Waals surface area (Å²) in [6.07, 6.45) is -0.369. The van der Waals surface area contributed by atoms with E-state index in [-0.39, 0.29) is 35.3 Å². The molecule has 0 aromatic heterocycles. The zero-order valence-electron chi connectivity index (χ0n) is 20.9. The molecule has 2 unspecified atom stereocenters. The Morgan fingerprint density at radius 2 is 1.84 bits per heavy atom. The van der Waals surface area contributed by atoms with Crippen molar-refractivity contribution in [2.24, 2.45) is 5.41 Å². The third-order valence-corrected chi connectivity index (χ3v) is 7.33. The number of aryl methyl sites for hydroxylation is 1. The van der Waals surface area contributed by atoms with Crippen LogP contribution in [0, 0.1) is 18.2 Å². The fourth-order valence-electron chi connectivity index (χ4n) is 5.16. The van der Waals surface area contributed by atoms with Gasteiger partial charge in [-0.25, -0.2) is 9.18 Å². The number of methoxy groups -OCH3 is 1. The van der Waals surface area contributed by atoms with E-state index in [1.54, 1.807) is 19.1 Å². The average molecular weight is 533 g/mol. The molecule has 0 saturated carbocycles. The zero-order valence-corrected chi connectivity index (χ0v) is 20.9. The summed E-state index contributed by atoms with van der Waals surface area (Å²) >= 11 is 0. The van der Waals surface area contributed by atoms with Crippen molar-refractivity contribution in [3.05, 3.63) is 35.1 Å². The summed E-state index contributed by atoms with van der Waals surface area (Å²) in [5.41, 5.74) is 1.06. The Labute approximate surface area is 212 Å². The number of carboxylic acids is 1. The van der Waals surface area contributed by atoms with Crippen LogP contribution in [0.4, 0.5) is 17.6 Å². The lowest BCUT2D eigenvalue weighted by atomic mass is 9.76. The summed E-state index contributed by atoms with van der Waals surface area (Å²) in [5, 5.41) is 7.12. The maximum Gasteiger partial charge on any atom is 0.490 e. The van der Waals surface area contributed by atoms with Crippen LogP contribution in [-0.4, -0.2) is 91.0 Å². The number of likely N-dealkylation sites (tertiary alicyclic amines) is 2. The number of aliphatic carboxylic acids is 1. The highest BCUT2D eigenvalue weighted by atomic mass is 19.4. The van der Waals surface area contributed by atoms with Crippen LogP contribution in [-0.2, 0) is 19.1 Å². The number of amides is 1. The van der Waals surface area contributed by atoms with Crippen molar-refractivity contribution in [1.82, 2.24) is 9.80 Å². The number of nitrogens with zero attached hydrogens (tertiary/aromatic N) is 2. The van der Waals surface area contributed by atoms with Gasteiger partial charge < -0.3 is 19.5 Å². The first-order valence-electron chi connectivity index (χ1n) is 12.1. The van der Waals surface area contributed by atoms with Gasteiger partial charge in [0.1, 0.15) is 11.9 Å². The second-order valence-corrected chi connectivity index (χ2v) is 9.87. The highest BCUT2D eigenvalue weighted by molar-refractivity contribution is 5.94. The third-order valence-electron chi connectivity index (χ3n) is 7.33. The van der Waals surface area contributed by atoms with Gasteiger partial charge in [0.25, 0.3) is 5.91 Å². The molecule has 3 aliphatic heterocycles. The van der Waals surface area contributed by atoms with Crippen molar-refractivity contribution in [3.8, 4) is 0 Å². The first-order chi connectivity index (χ1) is 17.3. The van der Waals surface area contributed by atoms with Crippen molar-refractivity contribution in [1.29, 1.82) is 0 Å². The van der Waals surface area contributed by atoms with Crippen LogP contribution in [0.25, 0.3) is 0 Å². The van der Waals surface area contributed by atoms with E-state index in [1.165, 1.54) is 13.2 Å². The van der Waals surface area contributed by atoms with E-state index in [9.17, 15) is 27.2 Å². The monoisotopic (exact) mass is 532 g/mol. The fraction of sp³-hybridized carbons (Fsp3) is 0.640. The second kappa shape index (κ2) is 11.8. The molecule has 3 saturated heterocycles. The number of alkyl halides is 3. The van der Waals surface area contributed by atoms with Crippen molar-refractivity contribution >= 4 is 17.8 Å². The molecule has 0 bridgehead atoms. The summed E-state index contributed by atoms with van der Waals surface area (Å²) in [6, 6.07) is 4.55. The first-order valence-corrected chi connectivity index (χ1v) is 12.1. The quantitative estimate of drug-likeness (QED) is 0.469. The van der Waals surface area contributed by atoms with E-state index >= 15 is 0 Å². The van der Waals surface area contributed by atoms with Gasteiger partial charge in [-0.2, -0.15) is 13.2 Å². The first kappa shape index (κ1) is 28.8. The number of carbonyl (C=O) groups excluding carboxylic acids is 2. The number of piperidine rings is 1. The molecule has 2 atom stereocenters. The lowest BCUT2D eigenvalue weighted by molar-refractivity contribution is -0.192. The number of carbonyl (C=O) groups is 3. The molecule has 3 heterocycles. The molecule has 37 heavy (non-hydrogen) atoms. The molecule has 206 valence electrons. The highest BCUT2D eigenvalue weighted by Gasteiger charge is 2.45. The molecule has 0 radical (unpaired) electrons. The minimum Gasteiger partial charge on any atom is -0.475 e. The van der Waals surface area contributed by atoms with Crippen LogP contribution in [0.5, 0.6) is 0 Å². The average Bonchev–Trinajstić information content (AvgIpc) is 3.47. The van der Waals surface area contributed by atoms with Gasteiger partial charge in [0.05, 0.1) is 19.8 Å². The Bertz CT molecular complexity index is 994. The smallest absolute Gasteiger partial charge is 0.475 e. The minimum absolute atomic E-state index is 0.0977. The molecule has 3 fully saturated rings. The SMILES string of the molecule is COC(=O)C1CCCN1CC1CC2(CCN(C(=O)c3ccc(C)c(F)c3)CC2)CO1.O=C(O)C(F)(F)F. The predicted octanol–water partition coefficient (Wildman–Crippen LogP) is 3.42. The van der Waals surface area contributed by atoms with Crippen LogP contribution in [0.15, 0.2) is 18.2 Å². The Balaban J connectivity index is 0.000000479. The van der Waals surface area contributed by atoms with Crippen LogP contribution < -0.4 is 0 Å². The zero-order chi connectivity index (χ0) is 27.4. The van der Waals surface area contributed by atoms with Gasteiger partial charge in [-0.15, -0.1) is 0 Å². The Morgan fingerprint density at radius 1 is 1.19 bits per heavy atom. The molecular formula is C25H32F4N2O6. The number of hydrogen-bond donors (Lipinski definition) is 1. The van der Waals surface area contributed by atoms with E-state index in [0.717, 1.165) is 45.2 Å². The topological polar surface area (TPSA) is 96.4 Å². The van der Waals surface area contributed by atoms with Gasteiger partial charge >= 0.3 is 18.1 Å². The Hall–Kier alpha value is -2.73. The van der Waals surface area contributed by atoms with Crippen LogP contribution in [0.3, 0.4) is 0 Å². The molecule has 12 heteroatoms. The second-order valence-electron chi connectivity index (χ2n) is 9.87. The molecule has 3 aliphatic rings. The largest absolute Gasteiger partial charge is 0.490 e. The molecule has 0 aliphatic carbocycles. The summed E-state index contributed by atoms with van der Waals surface area (Å²) in [4.78, 5) is 37.7. The number of benzene rings is 1. The lowest BCUT2D eigenvalue weighted by Crippen LogP contribution is -2.44. The summed E-state index contributed by atoms with van der Waals surface area (Å²) < 4.78 is 56.6. The van der Waals surface area contributed by atoms with Crippen molar-refractivity contribution in [2.45, 2.75) is 57.3 Å². The number of esters is 1. The maximum absolute atomic E-state index is 13.8. The number of ether oxygens (including phenoxy) is 2. The van der Waals surface area contributed by atoms with Crippen LogP contribution >= 0.6 is 0 Å². The summed E-state index contributed by atoms with van der Waals surface area (Å²) in [6.45, 7) is 5.39. The lowest BCUT2D eigenvalue weighted by Gasteiger charge is -2.38. The molecule has 1 aromatic carbocycles. The van der Waals surface area contributed by atoms with E-state index < -0.39 is 12.1 Å². The van der Waals surface area contributed by atoms with Gasteiger partial charge in [0.2, 0.25) is 0 Å². The summed E-state index contributed by atoms with van der Waals surface area (Å²) in [5.74, 6) is -3.35. The Kier molecular flexibility index (Phi) is 9.17. The number of halogens is 4. The molecule has 4 rings (SSSR count). The molecule has 1 amide bonds. The fourth-order valence-corrected chi connectivity index (χ4v) is 5.16. The minimum atomic E-state index is -5.08. The van der Waals surface area contributed by atoms with Crippen LogP contribution in [0.1, 0.15) is 48.0 Å². The van der Waals surface area contributed by atoms with Gasteiger partial charge in [-0.1, -0.05) is 6.07 Å². The Morgan fingerprint density at radius 3 is 2.41 bits per heavy atom. The number of hydrogen-bond acceptors (Lipinski definition) is 6. The number of carboxylic acid groups (broad SMARTS) is 1. The molecule has 1 spiro atoms. The highest BCUT2D eigenvalue weighted by Crippen LogP contribution is 2.42. The molecular weight excluding hydrogens is 500 g/mol. The van der Waals surface area contributed by atoms with Gasteiger partial charge in [-0.3, -0.25) is 14.5 Å². The molecule has 1 aromatic rings. The van der Waals surface area contributed by atoms with Crippen molar-refractivity contribution in [3.63, 3.8) is 0 Å². The maximum atomic E-state index is 13.8. The van der Waals surface area contributed by atoms with E-state index in [1.807, 2.05) is 4.90 Å². The van der Waals surface area contributed by atoms with Gasteiger partial charge in [0, 0.05) is 25.2 Å². The molecule has 1 N–H and O–H groups in total. The number of rotatable bonds is 4. The van der Waals surface area contributed by atoms with E-state index in [2.05, 4.69) is 4.90 Å². The van der Waals surface area contributed by atoms with Crippen molar-refractivity contribution < 1.29 is 46.5 Å². The third kappa shape index (κ3) is 7.19. The standard InChI is InChI=1S/C23H31FN2O4.C2HF3O2/c1-16-5-6-17(12-19(16)24)21(27)25-10-7-23(8-11-25)13-18(30-15-23)14-26-9-3-4-20(26)22(28)29-2;3-2(4,5)1(6)7/h5-6,12,18,20H,3-4,7-11,13-15H2,1-2H3;(H,6,7). The van der Waals surface area contributed by atoms with Crippen molar-refractivity contribution in [2.75, 3.05) is 39.9 Å². The van der Waals surface area contributed by atoms with E-state index in [4.69, 9.17) is 19.4 Å². The molecule has 8 nitrogen and oxygen atoms in total. The van der Waals surface area contributed by atoms with Crippen LogP contribution in [0.2, 0.25) is 0 Å². The normalized spacial score (nSPS) is 23.5. The predicted molar refractivity (Wildman–Crippen MR) is 123 cm³/mol. The van der Waals surface area contributed by atoms with Gasteiger partial charge in [-0.05, 0) is 68.7 Å².